The zero-order valence-electron chi connectivity index (χ0n) is 21.4. The molecule has 0 radical (unpaired) electrons. The van der Waals surface area contributed by atoms with Crippen molar-refractivity contribution in [2.45, 2.75) is 26.2 Å². The van der Waals surface area contributed by atoms with Crippen molar-refractivity contribution in [2.75, 3.05) is 23.7 Å². The molecule has 4 aromatic rings. The van der Waals surface area contributed by atoms with E-state index in [0.717, 1.165) is 22.4 Å². The first-order chi connectivity index (χ1) is 18.7. The number of carboxylic acid groups (broad SMARTS) is 1. The second kappa shape index (κ2) is 10.8. The van der Waals surface area contributed by atoms with E-state index < -0.39 is 11.9 Å². The van der Waals surface area contributed by atoms with Crippen LogP contribution in [0.25, 0.3) is 11.1 Å². The topological polar surface area (TPSA) is 125 Å². The summed E-state index contributed by atoms with van der Waals surface area (Å²) >= 11 is 6.29. The Kier molecular flexibility index (Phi) is 7.26. The van der Waals surface area contributed by atoms with Gasteiger partial charge < -0.3 is 25.1 Å². The first kappa shape index (κ1) is 26.2. The van der Waals surface area contributed by atoms with Crippen molar-refractivity contribution in [2.24, 2.45) is 5.92 Å². The van der Waals surface area contributed by atoms with Gasteiger partial charge in [0.2, 0.25) is 11.8 Å². The molecule has 10 heteroatoms. The number of hydrogen-bond donors (Lipinski definition) is 3. The number of likely N-dealkylation sites (tertiary alicyclic amines) is 1. The van der Waals surface area contributed by atoms with Crippen molar-refractivity contribution in [3.05, 3.63) is 82.4 Å². The molecule has 0 spiro atoms. The van der Waals surface area contributed by atoms with Gasteiger partial charge in [0.05, 0.1) is 23.0 Å². The molecule has 5 rings (SSSR count). The van der Waals surface area contributed by atoms with Crippen LogP contribution in [-0.2, 0) is 20.8 Å². The van der Waals surface area contributed by atoms with Crippen molar-refractivity contribution in [3.8, 4) is 0 Å². The molecular weight excluding hydrogens is 520 g/mol. The summed E-state index contributed by atoms with van der Waals surface area (Å²) in [6, 6.07) is 18.4. The van der Waals surface area contributed by atoms with Crippen LogP contribution in [-0.4, -0.2) is 45.9 Å². The number of fused-ring (bicyclic) bond motifs is 1. The number of carbonyl (C=O) groups is 3. The summed E-state index contributed by atoms with van der Waals surface area (Å²) < 4.78 is 5.85. The zero-order chi connectivity index (χ0) is 27.7. The number of aromatic nitrogens is 1. The first-order valence-corrected chi connectivity index (χ1v) is 12.9. The van der Waals surface area contributed by atoms with Crippen molar-refractivity contribution in [3.63, 3.8) is 0 Å². The maximum atomic E-state index is 12.7. The highest BCUT2D eigenvalue weighted by Gasteiger charge is 2.39. The fourth-order valence-corrected chi connectivity index (χ4v) is 5.15. The summed E-state index contributed by atoms with van der Waals surface area (Å²) in [6.45, 7) is 3.93. The van der Waals surface area contributed by atoms with Crippen molar-refractivity contribution in [1.82, 2.24) is 9.88 Å². The molecule has 1 aliphatic heterocycles. The zero-order valence-corrected chi connectivity index (χ0v) is 22.2. The molecule has 200 valence electrons. The van der Waals surface area contributed by atoms with Gasteiger partial charge in [-0.15, -0.1) is 0 Å². The highest BCUT2D eigenvalue weighted by atomic mass is 35.5. The molecule has 2 atom stereocenters. The van der Waals surface area contributed by atoms with Crippen LogP contribution in [0.4, 0.5) is 17.4 Å². The lowest BCUT2D eigenvalue weighted by molar-refractivity contribution is -0.141. The van der Waals surface area contributed by atoms with Gasteiger partial charge in [0.15, 0.2) is 5.58 Å². The van der Waals surface area contributed by atoms with E-state index in [1.165, 1.54) is 6.92 Å². The Morgan fingerprint density at radius 3 is 2.56 bits per heavy atom. The number of carboxylic acids is 1. The minimum atomic E-state index is -0.924. The van der Waals surface area contributed by atoms with Crippen LogP contribution >= 0.6 is 11.6 Å². The van der Waals surface area contributed by atoms with E-state index in [9.17, 15) is 19.5 Å². The third-order valence-corrected chi connectivity index (χ3v) is 7.29. The van der Waals surface area contributed by atoms with Gasteiger partial charge in [0, 0.05) is 31.6 Å². The molecule has 39 heavy (non-hydrogen) atoms. The highest BCUT2D eigenvalue weighted by molar-refractivity contribution is 6.33. The fraction of sp³-hybridized carbons (Fsp3) is 0.241. The lowest BCUT2D eigenvalue weighted by Crippen LogP contribution is -2.27. The monoisotopic (exact) mass is 546 g/mol. The number of rotatable bonds is 7. The van der Waals surface area contributed by atoms with Gasteiger partial charge >= 0.3 is 5.97 Å². The summed E-state index contributed by atoms with van der Waals surface area (Å²) in [7, 11) is 0. The SMILES string of the molecule is CC(=O)N1CC(C(=O)O)C(c2ccc(NC(=O)Cc3ccc4nc(Nc5c(C)cccc5Cl)oc4c3)cc2)C1. The molecule has 0 bridgehead atoms. The largest absolute Gasteiger partial charge is 0.481 e. The number of anilines is 3. The average Bonchev–Trinajstić information content (AvgIpc) is 3.51. The summed E-state index contributed by atoms with van der Waals surface area (Å²) in [4.78, 5) is 42.2. The quantitative estimate of drug-likeness (QED) is 0.285. The van der Waals surface area contributed by atoms with E-state index in [2.05, 4.69) is 15.6 Å². The lowest BCUT2D eigenvalue weighted by Gasteiger charge is -2.16. The van der Waals surface area contributed by atoms with Crippen LogP contribution in [0.1, 0.15) is 29.5 Å². The molecular formula is C29H27ClN4O5. The van der Waals surface area contributed by atoms with Gasteiger partial charge in [-0.05, 0) is 53.9 Å². The Morgan fingerprint density at radius 2 is 1.87 bits per heavy atom. The number of carbonyl (C=O) groups excluding carboxylic acids is 2. The van der Waals surface area contributed by atoms with Gasteiger partial charge in [0.1, 0.15) is 5.52 Å². The number of nitrogens with zero attached hydrogens (tertiary/aromatic N) is 2. The van der Waals surface area contributed by atoms with Crippen molar-refractivity contribution in [1.29, 1.82) is 0 Å². The fourth-order valence-electron chi connectivity index (χ4n) is 4.88. The van der Waals surface area contributed by atoms with Crippen molar-refractivity contribution >= 4 is 57.9 Å². The van der Waals surface area contributed by atoms with E-state index in [1.54, 1.807) is 47.4 Å². The number of nitrogens with one attached hydrogen (secondary N) is 2. The lowest BCUT2D eigenvalue weighted by atomic mass is 9.89. The first-order valence-electron chi connectivity index (χ1n) is 12.5. The molecule has 1 aromatic heterocycles. The number of amides is 2. The molecule has 2 unspecified atom stereocenters. The summed E-state index contributed by atoms with van der Waals surface area (Å²) in [5.74, 6) is -2.24. The molecule has 1 fully saturated rings. The molecule has 2 heterocycles. The second-order valence-electron chi connectivity index (χ2n) is 9.70. The van der Waals surface area contributed by atoms with E-state index in [0.29, 0.717) is 34.4 Å². The smallest absolute Gasteiger partial charge is 0.308 e. The predicted octanol–water partition coefficient (Wildman–Crippen LogP) is 5.36. The molecule has 3 aromatic carbocycles. The summed E-state index contributed by atoms with van der Waals surface area (Å²) in [6.07, 6.45) is 0.127. The number of halogens is 1. The van der Waals surface area contributed by atoms with Crippen LogP contribution in [0.5, 0.6) is 0 Å². The van der Waals surface area contributed by atoms with Gasteiger partial charge in [-0.2, -0.15) is 4.98 Å². The number of aryl methyl sites for hydroxylation is 1. The van der Waals surface area contributed by atoms with Crippen LogP contribution in [0.3, 0.4) is 0 Å². The van der Waals surface area contributed by atoms with Gasteiger partial charge in [0.25, 0.3) is 6.01 Å². The van der Waals surface area contributed by atoms with Crippen LogP contribution < -0.4 is 10.6 Å². The van der Waals surface area contributed by atoms with Gasteiger partial charge in [-0.1, -0.05) is 41.9 Å². The van der Waals surface area contributed by atoms with Gasteiger partial charge in [-0.25, -0.2) is 0 Å². The molecule has 2 amide bonds. The Bertz CT molecular complexity index is 1550. The van der Waals surface area contributed by atoms with E-state index in [4.69, 9.17) is 16.0 Å². The van der Waals surface area contributed by atoms with Crippen molar-refractivity contribution < 1.29 is 23.9 Å². The van der Waals surface area contributed by atoms with Crippen LogP contribution in [0, 0.1) is 12.8 Å². The highest BCUT2D eigenvalue weighted by Crippen LogP contribution is 2.34. The minimum absolute atomic E-state index is 0.127. The number of hydrogen-bond acceptors (Lipinski definition) is 6. The molecule has 0 aliphatic carbocycles. The Balaban J connectivity index is 1.23. The molecule has 3 N–H and O–H groups in total. The van der Waals surface area contributed by atoms with Crippen LogP contribution in [0.2, 0.25) is 5.02 Å². The van der Waals surface area contributed by atoms with Crippen LogP contribution in [0.15, 0.2) is 65.1 Å². The maximum absolute atomic E-state index is 12.7. The molecule has 9 nitrogen and oxygen atoms in total. The maximum Gasteiger partial charge on any atom is 0.308 e. The molecule has 0 saturated carbocycles. The minimum Gasteiger partial charge on any atom is -0.481 e. The van der Waals surface area contributed by atoms with E-state index in [1.807, 2.05) is 25.1 Å². The molecule has 1 saturated heterocycles. The Hall–Kier alpha value is -4.37. The number of para-hydroxylation sites is 1. The normalized spacial score (nSPS) is 16.8. The third-order valence-electron chi connectivity index (χ3n) is 6.98. The Labute approximate surface area is 229 Å². The number of aliphatic carboxylic acids is 1. The average molecular weight is 547 g/mol. The third kappa shape index (κ3) is 5.73. The van der Waals surface area contributed by atoms with Gasteiger partial charge in [-0.3, -0.25) is 14.4 Å². The van der Waals surface area contributed by atoms with E-state index in [-0.39, 0.29) is 30.7 Å². The predicted molar refractivity (Wildman–Crippen MR) is 148 cm³/mol. The number of benzene rings is 3. The molecule has 1 aliphatic rings. The Morgan fingerprint density at radius 1 is 1.10 bits per heavy atom. The van der Waals surface area contributed by atoms with E-state index >= 15 is 0 Å². The standard InChI is InChI=1S/C29H27ClN4O5/c1-16-4-3-5-23(30)27(16)33-29-32-24-11-6-18(12-25(24)39-29)13-26(36)31-20-9-7-19(8-10-20)21-14-34(17(2)35)15-22(21)28(37)38/h3-12,21-22H,13-15H2,1-2H3,(H,31,36)(H,32,33)(H,37,38). The summed E-state index contributed by atoms with van der Waals surface area (Å²) in [5, 5.41) is 16.2. The summed E-state index contributed by atoms with van der Waals surface area (Å²) in [5.41, 5.74) is 5.04. The second-order valence-corrected chi connectivity index (χ2v) is 10.1. The number of oxazole rings is 1.